The predicted molar refractivity (Wildman–Crippen MR) is 94.1 cm³/mol. The van der Waals surface area contributed by atoms with Crippen molar-refractivity contribution in [2.45, 2.75) is 24.9 Å². The van der Waals surface area contributed by atoms with Gasteiger partial charge in [0.2, 0.25) is 11.7 Å². The Morgan fingerprint density at radius 1 is 1.04 bits per heavy atom. The Balaban J connectivity index is 1.63. The monoisotopic (exact) mass is 349 g/mol. The van der Waals surface area contributed by atoms with Crippen molar-refractivity contribution in [2.24, 2.45) is 5.73 Å². The smallest absolute Gasteiger partial charge is 0.242 e. The van der Waals surface area contributed by atoms with Gasteiger partial charge in [-0.05, 0) is 30.5 Å². The Kier molecular flexibility index (Phi) is 5.06. The van der Waals surface area contributed by atoms with Gasteiger partial charge in [-0.2, -0.15) is 0 Å². The second-order valence-electron chi connectivity index (χ2n) is 6.76. The predicted octanol–water partition coefficient (Wildman–Crippen LogP) is 0.848. The zero-order valence-corrected chi connectivity index (χ0v) is 15.2. The van der Waals surface area contributed by atoms with Crippen molar-refractivity contribution in [3.8, 4) is 17.2 Å². The topological polar surface area (TPSA) is 77.3 Å². The second-order valence-corrected chi connectivity index (χ2v) is 6.76. The summed E-state index contributed by atoms with van der Waals surface area (Å²) in [5.41, 5.74) is 6.54. The molecule has 7 nitrogen and oxygen atoms in total. The summed E-state index contributed by atoms with van der Waals surface area (Å²) in [6, 6.07) is 3.94. The van der Waals surface area contributed by atoms with E-state index in [2.05, 4.69) is 4.90 Å². The third kappa shape index (κ3) is 3.67. The van der Waals surface area contributed by atoms with Gasteiger partial charge in [0.1, 0.15) is 0 Å². The van der Waals surface area contributed by atoms with Crippen molar-refractivity contribution >= 4 is 5.91 Å². The molecule has 0 atom stereocenters. The first-order valence-electron chi connectivity index (χ1n) is 8.60. The van der Waals surface area contributed by atoms with Crippen LogP contribution in [0.25, 0.3) is 0 Å². The first-order valence-corrected chi connectivity index (χ1v) is 8.60. The second kappa shape index (κ2) is 7.09. The van der Waals surface area contributed by atoms with Crippen LogP contribution in [0.15, 0.2) is 12.1 Å². The fourth-order valence-corrected chi connectivity index (χ4v) is 3.26. The zero-order chi connectivity index (χ0) is 18.0. The summed E-state index contributed by atoms with van der Waals surface area (Å²) < 4.78 is 16.2. The molecule has 1 aromatic rings. The minimum absolute atomic E-state index is 0.111. The van der Waals surface area contributed by atoms with Crippen molar-refractivity contribution in [3.63, 3.8) is 0 Å². The van der Waals surface area contributed by atoms with E-state index in [9.17, 15) is 4.79 Å². The van der Waals surface area contributed by atoms with Crippen LogP contribution in [0.4, 0.5) is 0 Å². The summed E-state index contributed by atoms with van der Waals surface area (Å²) in [6.07, 6.45) is 1.63. The minimum atomic E-state index is -0.571. The van der Waals surface area contributed by atoms with Gasteiger partial charge < -0.3 is 24.8 Å². The van der Waals surface area contributed by atoms with E-state index in [1.165, 1.54) is 0 Å². The van der Waals surface area contributed by atoms with E-state index in [1.807, 2.05) is 17.0 Å². The number of nitrogens with zero attached hydrogens (tertiary/aromatic N) is 2. The lowest BCUT2D eigenvalue weighted by atomic mass is 10.1. The molecule has 1 aromatic carbocycles. The molecule has 0 bridgehead atoms. The molecule has 1 aliphatic heterocycles. The van der Waals surface area contributed by atoms with Crippen LogP contribution in [0, 0.1) is 0 Å². The van der Waals surface area contributed by atoms with Gasteiger partial charge in [0.25, 0.3) is 0 Å². The van der Waals surface area contributed by atoms with Crippen molar-refractivity contribution < 1.29 is 19.0 Å². The SMILES string of the molecule is COc1cc(CN2CCN(C(=O)C3(N)CC3)CC2)cc(OC)c1OC. The maximum Gasteiger partial charge on any atom is 0.242 e. The number of benzene rings is 1. The van der Waals surface area contributed by atoms with Gasteiger partial charge in [-0.3, -0.25) is 9.69 Å². The summed E-state index contributed by atoms with van der Waals surface area (Å²) >= 11 is 0. The number of piperazine rings is 1. The molecular weight excluding hydrogens is 322 g/mol. The first kappa shape index (κ1) is 17.8. The zero-order valence-electron chi connectivity index (χ0n) is 15.2. The highest BCUT2D eigenvalue weighted by atomic mass is 16.5. The van der Waals surface area contributed by atoms with E-state index in [0.29, 0.717) is 17.2 Å². The van der Waals surface area contributed by atoms with Crippen LogP contribution in [-0.4, -0.2) is 68.8 Å². The highest BCUT2D eigenvalue weighted by molar-refractivity contribution is 5.89. The van der Waals surface area contributed by atoms with Gasteiger partial charge in [0.15, 0.2) is 11.5 Å². The van der Waals surface area contributed by atoms with Crippen LogP contribution >= 0.6 is 0 Å². The molecule has 1 amide bonds. The van der Waals surface area contributed by atoms with E-state index in [-0.39, 0.29) is 5.91 Å². The van der Waals surface area contributed by atoms with E-state index >= 15 is 0 Å². The van der Waals surface area contributed by atoms with E-state index in [4.69, 9.17) is 19.9 Å². The molecule has 3 rings (SSSR count). The van der Waals surface area contributed by atoms with Crippen molar-refractivity contribution in [1.82, 2.24) is 9.80 Å². The molecular formula is C18H27N3O4. The number of nitrogens with two attached hydrogens (primary N) is 1. The Morgan fingerprint density at radius 3 is 2.04 bits per heavy atom. The lowest BCUT2D eigenvalue weighted by Gasteiger charge is -2.36. The Labute approximate surface area is 148 Å². The van der Waals surface area contributed by atoms with Crippen molar-refractivity contribution in [1.29, 1.82) is 0 Å². The third-order valence-electron chi connectivity index (χ3n) is 5.00. The Morgan fingerprint density at radius 2 is 1.60 bits per heavy atom. The molecule has 0 unspecified atom stereocenters. The summed E-state index contributed by atoms with van der Waals surface area (Å²) in [7, 11) is 4.83. The maximum absolute atomic E-state index is 12.3. The molecule has 7 heteroatoms. The molecule has 1 heterocycles. The molecule has 2 aliphatic rings. The number of amides is 1. The van der Waals surface area contributed by atoms with Gasteiger partial charge in [-0.15, -0.1) is 0 Å². The lowest BCUT2D eigenvalue weighted by Crippen LogP contribution is -2.53. The van der Waals surface area contributed by atoms with Gasteiger partial charge in [0, 0.05) is 32.7 Å². The largest absolute Gasteiger partial charge is 0.493 e. The van der Waals surface area contributed by atoms with E-state index < -0.39 is 5.54 Å². The molecule has 1 aliphatic carbocycles. The third-order valence-corrected chi connectivity index (χ3v) is 5.00. The molecule has 0 aromatic heterocycles. The first-order chi connectivity index (χ1) is 12.0. The number of methoxy groups -OCH3 is 3. The van der Waals surface area contributed by atoms with Crippen LogP contribution in [0.2, 0.25) is 0 Å². The molecule has 25 heavy (non-hydrogen) atoms. The lowest BCUT2D eigenvalue weighted by molar-refractivity contribution is -0.135. The summed E-state index contributed by atoms with van der Waals surface area (Å²) in [5.74, 6) is 2.02. The standard InChI is InChI=1S/C18H27N3O4/c1-23-14-10-13(11-15(24-2)16(14)25-3)12-20-6-8-21(9-7-20)17(22)18(19)4-5-18/h10-11H,4-9,12,19H2,1-3H3. The summed E-state index contributed by atoms with van der Waals surface area (Å²) in [6.45, 7) is 3.88. The average Bonchev–Trinajstić information content (AvgIpc) is 3.39. The van der Waals surface area contributed by atoms with Crippen LogP contribution < -0.4 is 19.9 Å². The highest BCUT2D eigenvalue weighted by Gasteiger charge is 2.48. The fraction of sp³-hybridized carbons (Fsp3) is 0.611. The van der Waals surface area contributed by atoms with Crippen LogP contribution in [0.1, 0.15) is 18.4 Å². The number of carbonyl (C=O) groups excluding carboxylic acids is 1. The maximum atomic E-state index is 12.3. The number of carbonyl (C=O) groups is 1. The van der Waals surface area contributed by atoms with Crippen LogP contribution in [0.3, 0.4) is 0 Å². The van der Waals surface area contributed by atoms with Gasteiger partial charge in [0.05, 0.1) is 26.9 Å². The van der Waals surface area contributed by atoms with E-state index in [1.54, 1.807) is 21.3 Å². The van der Waals surface area contributed by atoms with Crippen LogP contribution in [0.5, 0.6) is 17.2 Å². The molecule has 1 saturated heterocycles. The van der Waals surface area contributed by atoms with Gasteiger partial charge in [-0.1, -0.05) is 0 Å². The Hall–Kier alpha value is -1.99. The molecule has 1 saturated carbocycles. The number of rotatable bonds is 6. The minimum Gasteiger partial charge on any atom is -0.493 e. The average molecular weight is 349 g/mol. The van der Waals surface area contributed by atoms with Gasteiger partial charge in [-0.25, -0.2) is 0 Å². The normalized spacial score (nSPS) is 19.4. The molecule has 2 fully saturated rings. The van der Waals surface area contributed by atoms with Crippen molar-refractivity contribution in [3.05, 3.63) is 17.7 Å². The number of hydrogen-bond donors (Lipinski definition) is 1. The summed E-state index contributed by atoms with van der Waals surface area (Å²) in [5, 5.41) is 0. The number of ether oxygens (including phenoxy) is 3. The number of hydrogen-bond acceptors (Lipinski definition) is 6. The highest BCUT2D eigenvalue weighted by Crippen LogP contribution is 2.38. The molecule has 138 valence electrons. The molecule has 0 spiro atoms. The summed E-state index contributed by atoms with van der Waals surface area (Å²) in [4.78, 5) is 16.5. The van der Waals surface area contributed by atoms with E-state index in [0.717, 1.165) is 51.1 Å². The molecule has 2 N–H and O–H groups in total. The fourth-order valence-electron chi connectivity index (χ4n) is 3.26. The van der Waals surface area contributed by atoms with Gasteiger partial charge >= 0.3 is 0 Å². The van der Waals surface area contributed by atoms with Crippen molar-refractivity contribution in [2.75, 3.05) is 47.5 Å². The Bertz CT molecular complexity index is 612. The quantitative estimate of drug-likeness (QED) is 0.820. The van der Waals surface area contributed by atoms with Crippen LogP contribution in [-0.2, 0) is 11.3 Å². The molecule has 0 radical (unpaired) electrons.